The Bertz CT molecular complexity index is 398. The van der Waals surface area contributed by atoms with Crippen LogP contribution in [0, 0.1) is 17.7 Å². The second kappa shape index (κ2) is 7.66. The van der Waals surface area contributed by atoms with E-state index in [1.165, 1.54) is 12.1 Å². The summed E-state index contributed by atoms with van der Waals surface area (Å²) in [5, 5.41) is 12.5. The van der Waals surface area contributed by atoms with E-state index in [4.69, 9.17) is 4.74 Å². The van der Waals surface area contributed by atoms with Crippen LogP contribution in [0.25, 0.3) is 0 Å². The quantitative estimate of drug-likeness (QED) is 0.576. The molecule has 0 spiro atoms. The molecule has 17 heavy (non-hydrogen) atoms. The highest BCUT2D eigenvalue weighted by Crippen LogP contribution is 2.15. The molecule has 1 rings (SSSR count). The monoisotopic (exact) mass is 237 g/mol. The molecule has 0 heterocycles. The highest BCUT2D eigenvalue weighted by atomic mass is 19.1. The third-order valence-electron chi connectivity index (χ3n) is 2.04. The molecule has 4 heteroatoms. The van der Waals surface area contributed by atoms with Crippen molar-refractivity contribution in [2.45, 2.75) is 13.0 Å². The molecule has 0 aliphatic carbocycles. The number of nitrogens with one attached hydrogen (secondary N) is 1. The summed E-state index contributed by atoms with van der Waals surface area (Å²) in [6, 6.07) is 6.11. The summed E-state index contributed by atoms with van der Waals surface area (Å²) in [7, 11) is 0. The van der Waals surface area contributed by atoms with Gasteiger partial charge in [0, 0.05) is 6.54 Å². The molecule has 1 unspecified atom stereocenters. The Morgan fingerprint density at radius 1 is 1.47 bits per heavy atom. The molecular formula is C13H16FNO2. The van der Waals surface area contributed by atoms with Gasteiger partial charge in [-0.15, -0.1) is 5.92 Å². The van der Waals surface area contributed by atoms with E-state index in [-0.39, 0.29) is 12.4 Å². The van der Waals surface area contributed by atoms with Crippen LogP contribution in [0.1, 0.15) is 6.92 Å². The first-order valence-electron chi connectivity index (χ1n) is 5.39. The molecule has 3 nitrogen and oxygen atoms in total. The van der Waals surface area contributed by atoms with Crippen LogP contribution in [0.15, 0.2) is 24.3 Å². The van der Waals surface area contributed by atoms with Crippen molar-refractivity contribution in [3.05, 3.63) is 30.1 Å². The largest absolute Gasteiger partial charge is 0.488 e. The zero-order valence-corrected chi connectivity index (χ0v) is 9.74. The SMILES string of the molecule is CC#CCNCC(O)COc1ccccc1F. The highest BCUT2D eigenvalue weighted by molar-refractivity contribution is 5.23. The van der Waals surface area contributed by atoms with Crippen molar-refractivity contribution in [3.8, 4) is 17.6 Å². The number of para-hydroxylation sites is 1. The molecule has 0 aliphatic heterocycles. The van der Waals surface area contributed by atoms with Gasteiger partial charge in [0.05, 0.1) is 6.54 Å². The van der Waals surface area contributed by atoms with Crippen LogP contribution in [0.2, 0.25) is 0 Å². The minimum absolute atomic E-state index is 0.0491. The third-order valence-corrected chi connectivity index (χ3v) is 2.04. The molecule has 0 bridgehead atoms. The lowest BCUT2D eigenvalue weighted by molar-refractivity contribution is 0.105. The van der Waals surface area contributed by atoms with Crippen molar-refractivity contribution >= 4 is 0 Å². The van der Waals surface area contributed by atoms with Crippen LogP contribution >= 0.6 is 0 Å². The molecule has 2 N–H and O–H groups in total. The summed E-state index contributed by atoms with van der Waals surface area (Å²) in [4.78, 5) is 0. The summed E-state index contributed by atoms with van der Waals surface area (Å²) in [5.41, 5.74) is 0. The van der Waals surface area contributed by atoms with Crippen molar-refractivity contribution in [1.82, 2.24) is 5.32 Å². The third kappa shape index (κ3) is 5.34. The van der Waals surface area contributed by atoms with E-state index in [1.807, 2.05) is 0 Å². The molecule has 0 aliphatic rings. The molecular weight excluding hydrogens is 221 g/mol. The van der Waals surface area contributed by atoms with E-state index in [9.17, 15) is 9.50 Å². The normalized spacial score (nSPS) is 11.5. The van der Waals surface area contributed by atoms with Gasteiger partial charge in [-0.05, 0) is 19.1 Å². The van der Waals surface area contributed by atoms with Crippen LogP contribution in [0.3, 0.4) is 0 Å². The van der Waals surface area contributed by atoms with Crippen LogP contribution < -0.4 is 10.1 Å². The van der Waals surface area contributed by atoms with Gasteiger partial charge in [0.2, 0.25) is 0 Å². The van der Waals surface area contributed by atoms with E-state index in [0.717, 1.165) is 0 Å². The highest BCUT2D eigenvalue weighted by Gasteiger charge is 2.06. The zero-order chi connectivity index (χ0) is 12.5. The van der Waals surface area contributed by atoms with Crippen LogP contribution in [0.4, 0.5) is 4.39 Å². The average Bonchev–Trinajstić information content (AvgIpc) is 2.34. The van der Waals surface area contributed by atoms with Gasteiger partial charge in [-0.3, -0.25) is 0 Å². The average molecular weight is 237 g/mol. The Hall–Kier alpha value is -1.57. The van der Waals surface area contributed by atoms with Gasteiger partial charge in [0.15, 0.2) is 11.6 Å². The Labute approximate surface area is 101 Å². The molecule has 0 aromatic heterocycles. The molecule has 0 saturated carbocycles. The fraction of sp³-hybridized carbons (Fsp3) is 0.385. The topological polar surface area (TPSA) is 41.5 Å². The predicted octanol–water partition coefficient (Wildman–Crippen LogP) is 1.18. The number of rotatable bonds is 6. The standard InChI is InChI=1S/C13H16FNO2/c1-2-3-8-15-9-11(16)10-17-13-7-5-4-6-12(13)14/h4-7,11,15-16H,8-10H2,1H3. The van der Waals surface area contributed by atoms with Crippen molar-refractivity contribution in [2.75, 3.05) is 19.7 Å². The molecule has 1 aromatic rings. The number of hydrogen-bond donors (Lipinski definition) is 2. The smallest absolute Gasteiger partial charge is 0.165 e. The number of halogens is 1. The van der Waals surface area contributed by atoms with Gasteiger partial charge in [0.25, 0.3) is 0 Å². The second-order valence-corrected chi connectivity index (χ2v) is 3.45. The first-order valence-corrected chi connectivity index (χ1v) is 5.39. The van der Waals surface area contributed by atoms with Gasteiger partial charge in [0.1, 0.15) is 12.7 Å². The summed E-state index contributed by atoms with van der Waals surface area (Å²) >= 11 is 0. The maximum Gasteiger partial charge on any atom is 0.165 e. The van der Waals surface area contributed by atoms with Gasteiger partial charge in [-0.1, -0.05) is 18.1 Å². The zero-order valence-electron chi connectivity index (χ0n) is 9.74. The number of aliphatic hydroxyl groups excluding tert-OH is 1. The Morgan fingerprint density at radius 3 is 2.94 bits per heavy atom. The minimum atomic E-state index is -0.687. The van der Waals surface area contributed by atoms with E-state index in [0.29, 0.717) is 13.1 Å². The molecule has 1 aromatic carbocycles. The Balaban J connectivity index is 2.25. The van der Waals surface area contributed by atoms with E-state index in [2.05, 4.69) is 17.2 Å². The van der Waals surface area contributed by atoms with E-state index < -0.39 is 11.9 Å². The van der Waals surface area contributed by atoms with E-state index >= 15 is 0 Å². The predicted molar refractivity (Wildman–Crippen MR) is 64.2 cm³/mol. The Kier molecular flexibility index (Phi) is 6.08. The fourth-order valence-electron chi connectivity index (χ4n) is 1.20. The van der Waals surface area contributed by atoms with E-state index in [1.54, 1.807) is 19.1 Å². The van der Waals surface area contributed by atoms with Gasteiger partial charge in [-0.25, -0.2) is 4.39 Å². The number of hydrogen-bond acceptors (Lipinski definition) is 3. The van der Waals surface area contributed by atoms with Crippen LogP contribution in [-0.4, -0.2) is 30.9 Å². The minimum Gasteiger partial charge on any atom is -0.488 e. The van der Waals surface area contributed by atoms with Crippen molar-refractivity contribution in [3.63, 3.8) is 0 Å². The molecule has 0 amide bonds. The van der Waals surface area contributed by atoms with Crippen LogP contribution in [0.5, 0.6) is 5.75 Å². The van der Waals surface area contributed by atoms with Gasteiger partial charge >= 0.3 is 0 Å². The maximum atomic E-state index is 13.2. The van der Waals surface area contributed by atoms with Crippen LogP contribution in [-0.2, 0) is 0 Å². The molecule has 0 fully saturated rings. The lowest BCUT2D eigenvalue weighted by Crippen LogP contribution is -2.31. The number of benzene rings is 1. The van der Waals surface area contributed by atoms with Crippen molar-refractivity contribution in [1.29, 1.82) is 0 Å². The molecule has 92 valence electrons. The van der Waals surface area contributed by atoms with Gasteiger partial charge < -0.3 is 15.2 Å². The summed E-state index contributed by atoms with van der Waals surface area (Å²) in [6.07, 6.45) is -0.687. The molecule has 0 radical (unpaired) electrons. The molecule has 0 saturated heterocycles. The number of ether oxygens (including phenoxy) is 1. The fourth-order valence-corrected chi connectivity index (χ4v) is 1.20. The lowest BCUT2D eigenvalue weighted by Gasteiger charge is -2.12. The Morgan fingerprint density at radius 2 is 2.24 bits per heavy atom. The van der Waals surface area contributed by atoms with Crippen molar-refractivity contribution < 1.29 is 14.2 Å². The number of aliphatic hydroxyl groups is 1. The molecule has 1 atom stereocenters. The lowest BCUT2D eigenvalue weighted by atomic mass is 10.3. The first kappa shape index (κ1) is 13.5. The van der Waals surface area contributed by atoms with Gasteiger partial charge in [-0.2, -0.15) is 0 Å². The second-order valence-electron chi connectivity index (χ2n) is 3.45. The summed E-state index contributed by atoms with van der Waals surface area (Å²) in [6.45, 7) is 2.68. The van der Waals surface area contributed by atoms with Crippen molar-refractivity contribution in [2.24, 2.45) is 0 Å². The summed E-state index contributed by atoms with van der Waals surface area (Å²) in [5.74, 6) is 5.27. The summed E-state index contributed by atoms with van der Waals surface area (Å²) < 4.78 is 18.3. The first-order chi connectivity index (χ1) is 8.24. The maximum absolute atomic E-state index is 13.2.